The number of hydrogen-bond acceptors (Lipinski definition) is 4. The van der Waals surface area contributed by atoms with Gasteiger partial charge in [-0.3, -0.25) is 4.90 Å². The molecule has 4 unspecified atom stereocenters. The molecule has 2 saturated heterocycles. The van der Waals surface area contributed by atoms with Crippen LogP contribution >= 0.6 is 0 Å². The van der Waals surface area contributed by atoms with Crippen LogP contribution in [0.25, 0.3) is 0 Å². The topological polar surface area (TPSA) is 33.7 Å². The van der Waals surface area contributed by atoms with Gasteiger partial charge in [0.15, 0.2) is 5.79 Å². The molecule has 2 saturated carbocycles. The highest BCUT2D eigenvalue weighted by Crippen LogP contribution is 2.44. The van der Waals surface area contributed by atoms with Gasteiger partial charge in [-0.1, -0.05) is 0 Å². The number of likely N-dealkylation sites (tertiary alicyclic amines) is 1. The highest BCUT2D eigenvalue weighted by molar-refractivity contribution is 5.02. The molecule has 0 aromatic heterocycles. The Balaban J connectivity index is 1.53. The fraction of sp³-hybridized carbons (Fsp3) is 1.00. The van der Waals surface area contributed by atoms with Crippen molar-refractivity contribution in [3.8, 4) is 0 Å². The first-order valence-electron chi connectivity index (χ1n) is 8.01. The van der Waals surface area contributed by atoms with Gasteiger partial charge in [0, 0.05) is 37.5 Å². The van der Waals surface area contributed by atoms with E-state index in [1.165, 1.54) is 32.2 Å². The highest BCUT2D eigenvalue weighted by atomic mass is 16.7. The van der Waals surface area contributed by atoms with Crippen molar-refractivity contribution in [2.24, 2.45) is 5.92 Å². The summed E-state index contributed by atoms with van der Waals surface area (Å²) in [7, 11) is 2.11. The Morgan fingerprint density at radius 3 is 2.63 bits per heavy atom. The number of rotatable bonds is 2. The van der Waals surface area contributed by atoms with Gasteiger partial charge < -0.3 is 14.8 Å². The fourth-order valence-electron chi connectivity index (χ4n) is 4.94. The zero-order valence-electron chi connectivity index (χ0n) is 11.9. The molecular formula is C15H26N2O2. The maximum Gasteiger partial charge on any atom is 0.170 e. The third-order valence-electron chi connectivity index (χ3n) is 5.88. The van der Waals surface area contributed by atoms with Gasteiger partial charge in [0.05, 0.1) is 13.2 Å². The molecule has 1 N–H and O–H groups in total. The van der Waals surface area contributed by atoms with Crippen LogP contribution in [0.3, 0.4) is 0 Å². The Bertz CT molecular complexity index is 343. The van der Waals surface area contributed by atoms with Crippen molar-refractivity contribution >= 4 is 0 Å². The lowest BCUT2D eigenvalue weighted by Crippen LogP contribution is -2.58. The summed E-state index contributed by atoms with van der Waals surface area (Å²) in [6.07, 6.45) is 7.58. The Labute approximate surface area is 115 Å². The molecule has 0 aromatic rings. The van der Waals surface area contributed by atoms with Crippen molar-refractivity contribution in [2.45, 2.75) is 62.4 Å². The molecule has 1 spiro atoms. The van der Waals surface area contributed by atoms with Crippen LogP contribution < -0.4 is 5.32 Å². The van der Waals surface area contributed by atoms with E-state index in [1.807, 2.05) is 0 Å². The average Bonchev–Trinajstić information content (AvgIpc) is 3.15. The smallest absolute Gasteiger partial charge is 0.170 e. The normalized spacial score (nSPS) is 45.3. The summed E-state index contributed by atoms with van der Waals surface area (Å²) in [6.45, 7) is 2.87. The SMILES string of the molecule is CNC1CCC2(CC1N1CC3CCC1C3)OCCO2. The second-order valence-corrected chi connectivity index (χ2v) is 6.84. The van der Waals surface area contributed by atoms with E-state index in [-0.39, 0.29) is 5.79 Å². The molecule has 0 amide bonds. The quantitative estimate of drug-likeness (QED) is 0.818. The Morgan fingerprint density at radius 1 is 1.16 bits per heavy atom. The molecule has 2 aliphatic carbocycles. The molecule has 0 radical (unpaired) electrons. The van der Waals surface area contributed by atoms with Gasteiger partial charge in [-0.25, -0.2) is 0 Å². The minimum atomic E-state index is -0.250. The number of ether oxygens (including phenoxy) is 2. The minimum Gasteiger partial charge on any atom is -0.347 e. The van der Waals surface area contributed by atoms with Gasteiger partial charge in [-0.2, -0.15) is 0 Å². The number of fused-ring (bicyclic) bond motifs is 2. The fourth-order valence-corrected chi connectivity index (χ4v) is 4.94. The second-order valence-electron chi connectivity index (χ2n) is 6.84. The van der Waals surface area contributed by atoms with E-state index in [0.29, 0.717) is 12.1 Å². The molecule has 4 nitrogen and oxygen atoms in total. The van der Waals surface area contributed by atoms with Crippen LogP contribution in [0.15, 0.2) is 0 Å². The van der Waals surface area contributed by atoms with E-state index in [0.717, 1.165) is 38.0 Å². The number of nitrogens with zero attached hydrogens (tertiary/aromatic N) is 1. The van der Waals surface area contributed by atoms with Gasteiger partial charge in [-0.05, 0) is 38.6 Å². The molecular weight excluding hydrogens is 240 g/mol. The van der Waals surface area contributed by atoms with Gasteiger partial charge in [0.25, 0.3) is 0 Å². The van der Waals surface area contributed by atoms with Crippen LogP contribution in [0, 0.1) is 5.92 Å². The van der Waals surface area contributed by atoms with Crippen LogP contribution in [-0.4, -0.2) is 55.6 Å². The van der Waals surface area contributed by atoms with E-state index in [1.54, 1.807) is 0 Å². The molecule has 19 heavy (non-hydrogen) atoms. The Morgan fingerprint density at radius 2 is 2.00 bits per heavy atom. The number of piperidine rings is 1. The van der Waals surface area contributed by atoms with E-state index in [9.17, 15) is 0 Å². The van der Waals surface area contributed by atoms with E-state index < -0.39 is 0 Å². The van der Waals surface area contributed by atoms with Crippen LogP contribution in [-0.2, 0) is 9.47 Å². The predicted molar refractivity (Wildman–Crippen MR) is 73.0 cm³/mol. The predicted octanol–water partition coefficient (Wildman–Crippen LogP) is 1.35. The van der Waals surface area contributed by atoms with Gasteiger partial charge in [0.2, 0.25) is 0 Å². The van der Waals surface area contributed by atoms with Crippen LogP contribution in [0.4, 0.5) is 0 Å². The molecule has 4 atom stereocenters. The summed E-state index contributed by atoms with van der Waals surface area (Å²) in [4.78, 5) is 2.78. The first kappa shape index (κ1) is 12.6. The monoisotopic (exact) mass is 266 g/mol. The number of hydrogen-bond donors (Lipinski definition) is 1. The van der Waals surface area contributed by atoms with Crippen molar-refractivity contribution < 1.29 is 9.47 Å². The van der Waals surface area contributed by atoms with Crippen LogP contribution in [0.5, 0.6) is 0 Å². The first-order valence-corrected chi connectivity index (χ1v) is 8.01. The molecule has 2 bridgehead atoms. The average molecular weight is 266 g/mol. The summed E-state index contributed by atoms with van der Waals surface area (Å²) < 4.78 is 11.9. The molecule has 108 valence electrons. The minimum absolute atomic E-state index is 0.250. The molecule has 4 aliphatic rings. The summed E-state index contributed by atoms with van der Waals surface area (Å²) in [5.41, 5.74) is 0. The van der Waals surface area contributed by atoms with E-state index in [2.05, 4.69) is 17.3 Å². The van der Waals surface area contributed by atoms with Crippen molar-refractivity contribution in [1.29, 1.82) is 0 Å². The van der Waals surface area contributed by atoms with Gasteiger partial charge >= 0.3 is 0 Å². The summed E-state index contributed by atoms with van der Waals surface area (Å²) >= 11 is 0. The van der Waals surface area contributed by atoms with Crippen molar-refractivity contribution in [3.05, 3.63) is 0 Å². The van der Waals surface area contributed by atoms with Crippen molar-refractivity contribution in [2.75, 3.05) is 26.8 Å². The highest BCUT2D eigenvalue weighted by Gasteiger charge is 2.50. The van der Waals surface area contributed by atoms with Gasteiger partial charge in [0.1, 0.15) is 0 Å². The third kappa shape index (κ3) is 2.04. The molecule has 4 rings (SSSR count). The maximum atomic E-state index is 5.97. The summed E-state index contributed by atoms with van der Waals surface area (Å²) in [6, 6.07) is 2.05. The zero-order valence-corrected chi connectivity index (χ0v) is 11.9. The molecule has 2 heterocycles. The molecule has 0 aromatic carbocycles. The molecule has 2 aliphatic heterocycles. The van der Waals surface area contributed by atoms with Gasteiger partial charge in [-0.15, -0.1) is 0 Å². The summed E-state index contributed by atoms with van der Waals surface area (Å²) in [5, 5.41) is 3.54. The van der Waals surface area contributed by atoms with Crippen molar-refractivity contribution in [3.63, 3.8) is 0 Å². The lowest BCUT2D eigenvalue weighted by molar-refractivity contribution is -0.194. The lowest BCUT2D eigenvalue weighted by atomic mass is 9.84. The Kier molecular flexibility index (Phi) is 3.10. The standard InChI is InChI=1S/C15H26N2O2/c1-16-13-4-5-15(18-6-7-19-15)9-14(13)17-10-11-2-3-12(17)8-11/h11-14,16H,2-10H2,1H3. The number of nitrogens with one attached hydrogen (secondary N) is 1. The first-order chi connectivity index (χ1) is 9.30. The van der Waals surface area contributed by atoms with E-state index in [4.69, 9.17) is 9.47 Å². The zero-order chi connectivity index (χ0) is 12.9. The third-order valence-corrected chi connectivity index (χ3v) is 5.88. The molecule has 4 heteroatoms. The van der Waals surface area contributed by atoms with Crippen molar-refractivity contribution in [1.82, 2.24) is 10.2 Å². The second kappa shape index (κ2) is 4.69. The van der Waals surface area contributed by atoms with E-state index >= 15 is 0 Å². The lowest BCUT2D eigenvalue weighted by Gasteiger charge is -2.47. The Hall–Kier alpha value is -0.160. The maximum absolute atomic E-state index is 5.97. The largest absolute Gasteiger partial charge is 0.347 e. The van der Waals surface area contributed by atoms with Crippen LogP contribution in [0.1, 0.15) is 38.5 Å². The molecule has 4 fully saturated rings. The van der Waals surface area contributed by atoms with Crippen LogP contribution in [0.2, 0.25) is 0 Å². The number of likely N-dealkylation sites (N-methyl/N-ethyl adjacent to an activating group) is 1. The summed E-state index contributed by atoms with van der Waals surface area (Å²) in [5.74, 6) is 0.714.